The highest BCUT2D eigenvalue weighted by Crippen LogP contribution is 2.25. The third-order valence-corrected chi connectivity index (χ3v) is 3.42. The van der Waals surface area contributed by atoms with E-state index in [1.807, 2.05) is 0 Å². The Labute approximate surface area is 109 Å². The van der Waals surface area contributed by atoms with Gasteiger partial charge in [-0.15, -0.1) is 0 Å². The van der Waals surface area contributed by atoms with Gasteiger partial charge in [0.25, 0.3) is 0 Å². The summed E-state index contributed by atoms with van der Waals surface area (Å²) in [6.07, 6.45) is 3.26. The fraction of sp³-hybridized carbons (Fsp3) is 0.462. The predicted molar refractivity (Wildman–Crippen MR) is 67.2 cm³/mol. The van der Waals surface area contributed by atoms with Gasteiger partial charge in [0, 0.05) is 18.2 Å². The van der Waals surface area contributed by atoms with E-state index in [-0.39, 0.29) is 17.8 Å². The second-order valence-corrected chi connectivity index (χ2v) is 4.87. The van der Waals surface area contributed by atoms with Crippen molar-refractivity contribution in [2.45, 2.75) is 37.8 Å². The molecule has 0 saturated heterocycles. The highest BCUT2D eigenvalue weighted by molar-refractivity contribution is 5.89. The second-order valence-electron chi connectivity index (χ2n) is 4.87. The number of hydrogen-bond donors (Lipinski definition) is 3. The number of nitrogens with one attached hydrogen (secondary N) is 1. The maximum Gasteiger partial charge on any atom is 0.338 e. The van der Waals surface area contributed by atoms with Crippen molar-refractivity contribution in [3.05, 3.63) is 29.3 Å². The van der Waals surface area contributed by atoms with E-state index in [2.05, 4.69) is 5.32 Å². The number of nitrogens with two attached hydrogens (primary N) is 1. The Morgan fingerprint density at radius 1 is 1.21 bits per heavy atom. The summed E-state index contributed by atoms with van der Waals surface area (Å²) in [4.78, 5) is 10.8. The molecular formula is C13H16F2N2O2. The molecule has 1 aliphatic rings. The van der Waals surface area contributed by atoms with Crippen molar-refractivity contribution in [2.75, 3.05) is 5.32 Å². The van der Waals surface area contributed by atoms with Crippen molar-refractivity contribution in [1.82, 2.24) is 0 Å². The molecule has 0 unspecified atom stereocenters. The molecule has 104 valence electrons. The third-order valence-electron chi connectivity index (χ3n) is 3.42. The molecule has 0 bridgehead atoms. The number of anilines is 1. The summed E-state index contributed by atoms with van der Waals surface area (Å²) in [7, 11) is 0. The molecule has 1 aromatic carbocycles. The Hall–Kier alpha value is -1.69. The molecule has 0 amide bonds. The van der Waals surface area contributed by atoms with Crippen LogP contribution in [0.15, 0.2) is 12.1 Å². The van der Waals surface area contributed by atoms with Crippen molar-refractivity contribution in [2.24, 2.45) is 5.73 Å². The molecule has 1 saturated carbocycles. The van der Waals surface area contributed by atoms with Gasteiger partial charge in [-0.3, -0.25) is 0 Å². The Morgan fingerprint density at radius 3 is 2.42 bits per heavy atom. The molecule has 0 aromatic heterocycles. The molecular weight excluding hydrogens is 254 g/mol. The first-order valence-corrected chi connectivity index (χ1v) is 6.22. The van der Waals surface area contributed by atoms with Crippen LogP contribution in [0.1, 0.15) is 36.0 Å². The molecule has 1 aliphatic carbocycles. The lowest BCUT2D eigenvalue weighted by molar-refractivity contribution is 0.0692. The van der Waals surface area contributed by atoms with Gasteiger partial charge in [-0.2, -0.15) is 0 Å². The van der Waals surface area contributed by atoms with E-state index in [1.54, 1.807) is 0 Å². The molecule has 19 heavy (non-hydrogen) atoms. The number of halogens is 2. The summed E-state index contributed by atoms with van der Waals surface area (Å²) < 4.78 is 26.9. The number of aromatic carboxylic acids is 1. The SMILES string of the molecule is NC1CCC(Nc2cc(C(=O)O)c(F)cc2F)CC1. The van der Waals surface area contributed by atoms with Crippen molar-refractivity contribution >= 4 is 11.7 Å². The van der Waals surface area contributed by atoms with Crippen LogP contribution in [0, 0.1) is 11.6 Å². The smallest absolute Gasteiger partial charge is 0.338 e. The van der Waals surface area contributed by atoms with E-state index in [4.69, 9.17) is 10.8 Å². The highest BCUT2D eigenvalue weighted by atomic mass is 19.1. The van der Waals surface area contributed by atoms with E-state index in [9.17, 15) is 13.6 Å². The molecule has 0 spiro atoms. The van der Waals surface area contributed by atoms with Crippen LogP contribution in [-0.4, -0.2) is 23.2 Å². The van der Waals surface area contributed by atoms with Crippen LogP contribution in [0.4, 0.5) is 14.5 Å². The zero-order chi connectivity index (χ0) is 14.0. The molecule has 0 radical (unpaired) electrons. The molecule has 6 heteroatoms. The van der Waals surface area contributed by atoms with Crippen LogP contribution in [0.3, 0.4) is 0 Å². The Bertz CT molecular complexity index is 486. The Kier molecular flexibility index (Phi) is 3.99. The van der Waals surface area contributed by atoms with E-state index in [0.717, 1.165) is 31.7 Å². The van der Waals surface area contributed by atoms with Crippen molar-refractivity contribution in [3.63, 3.8) is 0 Å². The van der Waals surface area contributed by atoms with Crippen LogP contribution < -0.4 is 11.1 Å². The largest absolute Gasteiger partial charge is 0.478 e. The molecule has 0 aliphatic heterocycles. The molecule has 0 heterocycles. The Morgan fingerprint density at radius 2 is 1.84 bits per heavy atom. The quantitative estimate of drug-likeness (QED) is 0.788. The third kappa shape index (κ3) is 3.20. The lowest BCUT2D eigenvalue weighted by Crippen LogP contribution is -2.33. The molecule has 1 fully saturated rings. The van der Waals surface area contributed by atoms with Gasteiger partial charge in [-0.25, -0.2) is 13.6 Å². The maximum absolute atomic E-state index is 13.6. The van der Waals surface area contributed by atoms with Crippen LogP contribution in [0.2, 0.25) is 0 Å². The van der Waals surface area contributed by atoms with E-state index < -0.39 is 23.2 Å². The summed E-state index contributed by atoms with van der Waals surface area (Å²) in [6, 6.07) is 1.81. The average molecular weight is 270 g/mol. The fourth-order valence-electron chi connectivity index (χ4n) is 2.31. The predicted octanol–water partition coefficient (Wildman–Crippen LogP) is 2.34. The zero-order valence-electron chi connectivity index (χ0n) is 10.3. The van der Waals surface area contributed by atoms with Gasteiger partial charge in [0.15, 0.2) is 0 Å². The molecule has 1 aromatic rings. The van der Waals surface area contributed by atoms with Gasteiger partial charge < -0.3 is 16.2 Å². The van der Waals surface area contributed by atoms with Gasteiger partial charge in [-0.1, -0.05) is 0 Å². The maximum atomic E-state index is 13.6. The van der Waals surface area contributed by atoms with Gasteiger partial charge in [-0.05, 0) is 31.7 Å². The molecule has 4 nitrogen and oxygen atoms in total. The minimum atomic E-state index is -1.41. The summed E-state index contributed by atoms with van der Waals surface area (Å²) in [5.74, 6) is -3.26. The van der Waals surface area contributed by atoms with Gasteiger partial charge >= 0.3 is 5.97 Å². The topological polar surface area (TPSA) is 75.3 Å². The van der Waals surface area contributed by atoms with Gasteiger partial charge in [0.1, 0.15) is 11.6 Å². The van der Waals surface area contributed by atoms with Crippen molar-refractivity contribution in [3.8, 4) is 0 Å². The number of rotatable bonds is 3. The van der Waals surface area contributed by atoms with Crippen LogP contribution in [0.5, 0.6) is 0 Å². The van der Waals surface area contributed by atoms with Crippen molar-refractivity contribution < 1.29 is 18.7 Å². The fourth-order valence-corrected chi connectivity index (χ4v) is 2.31. The first-order chi connectivity index (χ1) is 8.97. The lowest BCUT2D eigenvalue weighted by Gasteiger charge is -2.27. The van der Waals surface area contributed by atoms with E-state index in [1.165, 1.54) is 0 Å². The highest BCUT2D eigenvalue weighted by Gasteiger charge is 2.21. The van der Waals surface area contributed by atoms with Gasteiger partial charge in [0.2, 0.25) is 0 Å². The van der Waals surface area contributed by atoms with Crippen LogP contribution in [-0.2, 0) is 0 Å². The second kappa shape index (κ2) is 5.52. The minimum Gasteiger partial charge on any atom is -0.478 e. The number of carboxylic acid groups (broad SMARTS) is 1. The van der Waals surface area contributed by atoms with Crippen molar-refractivity contribution in [1.29, 1.82) is 0 Å². The molecule has 0 atom stereocenters. The monoisotopic (exact) mass is 270 g/mol. The normalized spacial score (nSPS) is 23.1. The van der Waals surface area contributed by atoms with E-state index in [0.29, 0.717) is 6.07 Å². The first kappa shape index (κ1) is 13.7. The first-order valence-electron chi connectivity index (χ1n) is 6.22. The van der Waals surface area contributed by atoms with E-state index >= 15 is 0 Å². The Balaban J connectivity index is 2.15. The number of benzene rings is 1. The van der Waals surface area contributed by atoms with Crippen LogP contribution >= 0.6 is 0 Å². The molecule has 4 N–H and O–H groups in total. The minimum absolute atomic E-state index is 0.0271. The number of carboxylic acids is 1. The number of hydrogen-bond acceptors (Lipinski definition) is 3. The molecule has 2 rings (SSSR count). The summed E-state index contributed by atoms with van der Waals surface area (Å²) in [6.45, 7) is 0. The van der Waals surface area contributed by atoms with Crippen LogP contribution in [0.25, 0.3) is 0 Å². The summed E-state index contributed by atoms with van der Waals surface area (Å²) >= 11 is 0. The number of carbonyl (C=O) groups is 1. The summed E-state index contributed by atoms with van der Waals surface area (Å²) in [5, 5.41) is 11.7. The lowest BCUT2D eigenvalue weighted by atomic mass is 9.91. The average Bonchev–Trinajstić information content (AvgIpc) is 2.34. The van der Waals surface area contributed by atoms with Gasteiger partial charge in [0.05, 0.1) is 11.3 Å². The standard InChI is InChI=1S/C13H16F2N2O2/c14-10-6-11(15)12(5-9(10)13(18)19)17-8-3-1-7(16)2-4-8/h5-8,17H,1-4,16H2,(H,18,19). The summed E-state index contributed by atoms with van der Waals surface area (Å²) in [5.41, 5.74) is 5.27. The zero-order valence-corrected chi connectivity index (χ0v) is 10.3.